The quantitative estimate of drug-likeness (QED) is 0.355. The zero-order chi connectivity index (χ0) is 22.2. The van der Waals surface area contributed by atoms with Gasteiger partial charge in [-0.2, -0.15) is 10.2 Å². The number of halogens is 1. The maximum atomic E-state index is 13.7. The third-order valence-electron chi connectivity index (χ3n) is 5.04. The summed E-state index contributed by atoms with van der Waals surface area (Å²) in [6, 6.07) is 8.14. The van der Waals surface area contributed by atoms with Gasteiger partial charge >= 0.3 is 0 Å². The number of aromatic nitrogens is 7. The van der Waals surface area contributed by atoms with E-state index in [0.29, 0.717) is 35.1 Å². The highest BCUT2D eigenvalue weighted by molar-refractivity contribution is 5.79. The number of nitrogens with one attached hydrogen (secondary N) is 3. The van der Waals surface area contributed by atoms with E-state index in [-0.39, 0.29) is 5.82 Å². The van der Waals surface area contributed by atoms with Crippen molar-refractivity contribution < 1.29 is 4.39 Å². The highest BCUT2D eigenvalue weighted by Crippen LogP contribution is 2.24. The van der Waals surface area contributed by atoms with Gasteiger partial charge < -0.3 is 10.7 Å². The zero-order valence-corrected chi connectivity index (χ0v) is 17.5. The van der Waals surface area contributed by atoms with Crippen molar-refractivity contribution in [3.05, 3.63) is 77.3 Å². The molecule has 0 bridgehead atoms. The van der Waals surface area contributed by atoms with Crippen molar-refractivity contribution >= 4 is 23.6 Å². The molecular weight excluding hydrogens is 409 g/mol. The Bertz CT molecular complexity index is 1440. The topological polar surface area (TPSA) is 113 Å². The summed E-state index contributed by atoms with van der Waals surface area (Å²) >= 11 is 0. The summed E-state index contributed by atoms with van der Waals surface area (Å²) in [4.78, 5) is 9.34. The van der Waals surface area contributed by atoms with Gasteiger partial charge in [-0.05, 0) is 37.1 Å². The molecule has 5 rings (SSSR count). The Balaban J connectivity index is 1.51. The number of fused-ring (bicyclic) bond motifs is 1. The van der Waals surface area contributed by atoms with Crippen LogP contribution in [0.1, 0.15) is 22.5 Å². The van der Waals surface area contributed by atoms with E-state index in [2.05, 4.69) is 25.6 Å². The second-order valence-corrected chi connectivity index (χ2v) is 7.55. The minimum absolute atomic E-state index is 0.338. The molecule has 0 radical (unpaired) electrons. The molecule has 32 heavy (non-hydrogen) atoms. The summed E-state index contributed by atoms with van der Waals surface area (Å²) < 4.78 is 17.3. The first-order valence-corrected chi connectivity index (χ1v) is 9.96. The lowest BCUT2D eigenvalue weighted by atomic mass is 10.1. The van der Waals surface area contributed by atoms with Crippen LogP contribution in [-0.4, -0.2) is 40.6 Å². The summed E-state index contributed by atoms with van der Waals surface area (Å²) in [7, 11) is 0. The highest BCUT2D eigenvalue weighted by Gasteiger charge is 2.13. The Labute approximate surface area is 182 Å². The Morgan fingerprint density at radius 1 is 1.16 bits per heavy atom. The average molecular weight is 429 g/mol. The van der Waals surface area contributed by atoms with Crippen LogP contribution in [0.25, 0.3) is 16.9 Å². The first kappa shape index (κ1) is 19.6. The molecule has 5 aromatic rings. The molecule has 0 unspecified atom stereocenters. The molecule has 160 valence electrons. The standard InChI is InChI=1S/C22H20FN9/c1-13-5-20(30-29-13)28-22-27-19(7-21-26-14(2)10-32(21)22)17-9-25-31(12-17)11-16-6-18(23)4-3-15(16)8-24/h3-10,12,24H,11H2,1-2H3,(H2,27,28,29,30). The van der Waals surface area contributed by atoms with E-state index < -0.39 is 0 Å². The Morgan fingerprint density at radius 3 is 2.81 bits per heavy atom. The number of hydrogen-bond donors (Lipinski definition) is 3. The Kier molecular flexibility index (Phi) is 4.74. The molecule has 0 aliphatic rings. The second-order valence-electron chi connectivity index (χ2n) is 7.55. The molecule has 1 aromatic carbocycles. The predicted octanol–water partition coefficient (Wildman–Crippen LogP) is 3.86. The van der Waals surface area contributed by atoms with Gasteiger partial charge in [0, 0.05) is 42.0 Å². The molecule has 0 fully saturated rings. The lowest BCUT2D eigenvalue weighted by Crippen LogP contribution is -2.04. The molecule has 10 heteroatoms. The Hall–Kier alpha value is -4.34. The molecule has 3 N–H and O–H groups in total. The van der Waals surface area contributed by atoms with Crippen molar-refractivity contribution in [2.75, 3.05) is 5.32 Å². The lowest BCUT2D eigenvalue weighted by molar-refractivity contribution is 0.619. The van der Waals surface area contributed by atoms with Crippen LogP contribution in [0.2, 0.25) is 0 Å². The minimum atomic E-state index is -0.343. The number of imidazole rings is 1. The van der Waals surface area contributed by atoms with Gasteiger partial charge in [0.15, 0.2) is 5.82 Å². The van der Waals surface area contributed by atoms with Crippen molar-refractivity contribution in [1.29, 1.82) is 5.41 Å². The third kappa shape index (κ3) is 3.73. The summed E-state index contributed by atoms with van der Waals surface area (Å²) in [5, 5.41) is 22.3. The van der Waals surface area contributed by atoms with Gasteiger partial charge in [0.25, 0.3) is 0 Å². The maximum absolute atomic E-state index is 13.7. The van der Waals surface area contributed by atoms with Gasteiger partial charge in [0.05, 0.1) is 24.1 Å². The molecule has 4 heterocycles. The summed E-state index contributed by atoms with van der Waals surface area (Å²) in [5.74, 6) is 0.887. The highest BCUT2D eigenvalue weighted by atomic mass is 19.1. The molecule has 0 aliphatic heterocycles. The Morgan fingerprint density at radius 2 is 2.03 bits per heavy atom. The fraction of sp³-hybridized carbons (Fsp3) is 0.136. The van der Waals surface area contributed by atoms with Gasteiger partial charge in [-0.15, -0.1) is 0 Å². The van der Waals surface area contributed by atoms with Crippen molar-refractivity contribution in [3.63, 3.8) is 0 Å². The number of aryl methyl sites for hydroxylation is 2. The number of rotatable bonds is 6. The number of H-pyrrole nitrogens is 1. The fourth-order valence-electron chi connectivity index (χ4n) is 3.55. The van der Waals surface area contributed by atoms with Crippen LogP contribution in [0.5, 0.6) is 0 Å². The molecule has 0 saturated heterocycles. The van der Waals surface area contributed by atoms with Gasteiger partial charge in [-0.25, -0.2) is 14.4 Å². The van der Waals surface area contributed by atoms with Crippen LogP contribution in [0.4, 0.5) is 16.2 Å². The summed E-state index contributed by atoms with van der Waals surface area (Å²) in [6.07, 6.45) is 6.67. The smallest absolute Gasteiger partial charge is 0.215 e. The summed E-state index contributed by atoms with van der Waals surface area (Å²) in [6.45, 7) is 4.19. The third-order valence-corrected chi connectivity index (χ3v) is 5.04. The van der Waals surface area contributed by atoms with Crippen LogP contribution < -0.4 is 5.32 Å². The van der Waals surface area contributed by atoms with E-state index in [0.717, 1.165) is 22.6 Å². The number of aromatic amines is 1. The summed E-state index contributed by atoms with van der Waals surface area (Å²) in [5.41, 5.74) is 5.36. The molecule has 0 amide bonds. The van der Waals surface area contributed by atoms with Gasteiger partial charge in [-0.3, -0.25) is 14.2 Å². The van der Waals surface area contributed by atoms with Crippen LogP contribution in [-0.2, 0) is 6.54 Å². The van der Waals surface area contributed by atoms with Gasteiger partial charge in [0.1, 0.15) is 11.5 Å². The second kappa shape index (κ2) is 7.73. The predicted molar refractivity (Wildman–Crippen MR) is 119 cm³/mol. The molecule has 0 aliphatic carbocycles. The molecule has 9 nitrogen and oxygen atoms in total. The number of anilines is 2. The van der Waals surface area contributed by atoms with Crippen LogP contribution in [0.3, 0.4) is 0 Å². The van der Waals surface area contributed by atoms with Crippen molar-refractivity contribution in [1.82, 2.24) is 34.3 Å². The minimum Gasteiger partial charge on any atom is -0.308 e. The van der Waals surface area contributed by atoms with Crippen LogP contribution in [0, 0.1) is 25.1 Å². The van der Waals surface area contributed by atoms with Crippen molar-refractivity contribution in [3.8, 4) is 11.3 Å². The van der Waals surface area contributed by atoms with Crippen molar-refractivity contribution in [2.45, 2.75) is 20.4 Å². The number of nitrogens with zero attached hydrogens (tertiary/aromatic N) is 6. The lowest BCUT2D eigenvalue weighted by Gasteiger charge is -2.08. The largest absolute Gasteiger partial charge is 0.308 e. The van der Waals surface area contributed by atoms with Crippen LogP contribution in [0.15, 0.2) is 48.9 Å². The molecule has 4 aromatic heterocycles. The molecular formula is C22H20FN9. The van der Waals surface area contributed by atoms with Gasteiger partial charge in [0.2, 0.25) is 5.95 Å². The number of hydrogen-bond acceptors (Lipinski definition) is 6. The fourth-order valence-corrected chi connectivity index (χ4v) is 3.55. The van der Waals surface area contributed by atoms with Crippen molar-refractivity contribution in [2.24, 2.45) is 0 Å². The molecule has 0 saturated carbocycles. The first-order valence-electron chi connectivity index (χ1n) is 9.96. The SMILES string of the molecule is Cc1cn2c(Nc3cc(C)[nH]n3)nc(-c3cnn(Cc4cc(F)ccc4C=N)c3)cc2n1. The normalized spacial score (nSPS) is 11.2. The maximum Gasteiger partial charge on any atom is 0.215 e. The van der Waals surface area contributed by atoms with E-state index >= 15 is 0 Å². The first-order chi connectivity index (χ1) is 15.5. The molecule has 0 spiro atoms. The van der Waals surface area contributed by atoms with E-state index in [4.69, 9.17) is 10.4 Å². The zero-order valence-electron chi connectivity index (χ0n) is 17.5. The number of benzene rings is 1. The monoisotopic (exact) mass is 429 g/mol. The van der Waals surface area contributed by atoms with Gasteiger partial charge in [-0.1, -0.05) is 6.07 Å². The van der Waals surface area contributed by atoms with E-state index in [1.165, 1.54) is 18.3 Å². The van der Waals surface area contributed by atoms with E-state index in [1.807, 2.05) is 42.8 Å². The average Bonchev–Trinajstić information content (AvgIpc) is 3.48. The molecule has 0 atom stereocenters. The van der Waals surface area contributed by atoms with Crippen LogP contribution >= 0.6 is 0 Å². The van der Waals surface area contributed by atoms with E-state index in [1.54, 1.807) is 16.9 Å². The van der Waals surface area contributed by atoms with E-state index in [9.17, 15) is 4.39 Å².